The van der Waals surface area contributed by atoms with E-state index in [0.717, 1.165) is 5.56 Å². The summed E-state index contributed by atoms with van der Waals surface area (Å²) in [6.45, 7) is 3.00. The first-order chi connectivity index (χ1) is 8.67. The molecule has 0 aliphatic heterocycles. The van der Waals surface area contributed by atoms with Gasteiger partial charge in [0, 0.05) is 30.9 Å². The number of ether oxygens (including phenoxy) is 1. The first kappa shape index (κ1) is 14.2. The molecule has 0 unspecified atom stereocenters. The molecule has 0 aliphatic rings. The van der Waals surface area contributed by atoms with Crippen molar-refractivity contribution in [1.29, 1.82) is 0 Å². The van der Waals surface area contributed by atoms with Gasteiger partial charge >= 0.3 is 5.97 Å². The predicted molar refractivity (Wildman–Crippen MR) is 68.5 cm³/mol. The zero-order chi connectivity index (χ0) is 13.4. The minimum atomic E-state index is -0.857. The summed E-state index contributed by atoms with van der Waals surface area (Å²) in [5.41, 5.74) is 1.47. The highest BCUT2D eigenvalue weighted by molar-refractivity contribution is 5.86. The second-order valence-electron chi connectivity index (χ2n) is 3.73. The molecule has 0 fully saturated rings. The Balaban J connectivity index is 2.44. The summed E-state index contributed by atoms with van der Waals surface area (Å²) < 4.78 is 5.02. The highest BCUT2D eigenvalue weighted by Crippen LogP contribution is 2.08. The maximum Gasteiger partial charge on any atom is 0.331 e. The number of aromatic nitrogens is 1. The van der Waals surface area contributed by atoms with Crippen molar-refractivity contribution in [3.8, 4) is 5.88 Å². The maximum atomic E-state index is 10.8. The summed E-state index contributed by atoms with van der Waals surface area (Å²) in [5.74, 6) is -0.283. The van der Waals surface area contributed by atoms with Crippen LogP contribution in [0.25, 0.3) is 0 Å². The summed E-state index contributed by atoms with van der Waals surface area (Å²) >= 11 is 0. The van der Waals surface area contributed by atoms with Crippen LogP contribution in [0, 0.1) is 0 Å². The second kappa shape index (κ2) is 7.45. The highest BCUT2D eigenvalue weighted by Gasteiger charge is 2.02. The van der Waals surface area contributed by atoms with Crippen LogP contribution in [0.5, 0.6) is 5.88 Å². The minimum Gasteiger partial charge on any atom is -0.481 e. The Kier molecular flexibility index (Phi) is 5.87. The first-order valence-corrected chi connectivity index (χ1v) is 5.79. The monoisotopic (exact) mass is 250 g/mol. The van der Waals surface area contributed by atoms with Gasteiger partial charge in [-0.1, -0.05) is 13.0 Å². The van der Waals surface area contributed by atoms with Crippen LogP contribution in [0.3, 0.4) is 0 Å². The van der Waals surface area contributed by atoms with Crippen molar-refractivity contribution >= 4 is 5.97 Å². The molecule has 0 bridgehead atoms. The molecule has 5 heteroatoms. The summed E-state index contributed by atoms with van der Waals surface area (Å²) in [7, 11) is 1.57. The fraction of sp³-hybridized carbons (Fsp3) is 0.385. The number of carbonyl (C=O) groups is 1. The van der Waals surface area contributed by atoms with Crippen molar-refractivity contribution in [3.63, 3.8) is 0 Å². The quantitative estimate of drug-likeness (QED) is 0.568. The zero-order valence-electron chi connectivity index (χ0n) is 10.6. The van der Waals surface area contributed by atoms with Crippen molar-refractivity contribution in [2.24, 2.45) is 0 Å². The van der Waals surface area contributed by atoms with Gasteiger partial charge < -0.3 is 15.2 Å². The fourth-order valence-electron chi connectivity index (χ4n) is 1.47. The van der Waals surface area contributed by atoms with Crippen molar-refractivity contribution in [3.05, 3.63) is 35.5 Å². The number of nitrogens with zero attached hydrogens (tertiary/aromatic N) is 1. The first-order valence-electron chi connectivity index (χ1n) is 5.79. The number of carboxylic acid groups (broad SMARTS) is 1. The third-order valence-electron chi connectivity index (χ3n) is 2.49. The van der Waals surface area contributed by atoms with Crippen LogP contribution in [0.4, 0.5) is 0 Å². The van der Waals surface area contributed by atoms with E-state index in [1.54, 1.807) is 19.4 Å². The van der Waals surface area contributed by atoms with E-state index in [1.165, 1.54) is 0 Å². The Morgan fingerprint density at radius 1 is 1.61 bits per heavy atom. The molecule has 0 aliphatic carbocycles. The molecule has 2 N–H and O–H groups in total. The molecule has 1 aromatic heterocycles. The Morgan fingerprint density at radius 2 is 2.39 bits per heavy atom. The van der Waals surface area contributed by atoms with Crippen LogP contribution < -0.4 is 10.1 Å². The lowest BCUT2D eigenvalue weighted by atomic mass is 10.2. The Morgan fingerprint density at radius 3 is 3.00 bits per heavy atom. The molecule has 18 heavy (non-hydrogen) atoms. The van der Waals surface area contributed by atoms with Gasteiger partial charge in [0.25, 0.3) is 0 Å². The lowest BCUT2D eigenvalue weighted by Crippen LogP contribution is -2.14. The van der Waals surface area contributed by atoms with Gasteiger partial charge in [0.2, 0.25) is 5.88 Å². The fourth-order valence-corrected chi connectivity index (χ4v) is 1.47. The summed E-state index contributed by atoms with van der Waals surface area (Å²) in [4.78, 5) is 14.8. The highest BCUT2D eigenvalue weighted by atomic mass is 16.5. The number of nitrogens with one attached hydrogen (secondary N) is 1. The molecule has 0 radical (unpaired) electrons. The number of methoxy groups -OCH3 is 1. The number of hydrogen-bond acceptors (Lipinski definition) is 4. The topological polar surface area (TPSA) is 71.5 Å². The molecular formula is C13H18N2O3. The average Bonchev–Trinajstić information content (AvgIpc) is 2.38. The van der Waals surface area contributed by atoms with E-state index in [0.29, 0.717) is 31.0 Å². The largest absolute Gasteiger partial charge is 0.481 e. The maximum absolute atomic E-state index is 10.8. The van der Waals surface area contributed by atoms with E-state index in [4.69, 9.17) is 9.84 Å². The van der Waals surface area contributed by atoms with E-state index >= 15 is 0 Å². The molecule has 98 valence electrons. The van der Waals surface area contributed by atoms with Gasteiger partial charge in [0.15, 0.2) is 0 Å². The normalized spacial score (nSPS) is 11.3. The molecule has 1 heterocycles. The molecular weight excluding hydrogens is 232 g/mol. The van der Waals surface area contributed by atoms with Crippen molar-refractivity contribution in [2.75, 3.05) is 13.7 Å². The molecule has 0 amide bonds. The number of rotatable bonds is 7. The van der Waals surface area contributed by atoms with E-state index < -0.39 is 5.97 Å². The molecule has 0 aromatic carbocycles. The molecule has 0 saturated carbocycles. The Hall–Kier alpha value is -1.88. The van der Waals surface area contributed by atoms with Crippen LogP contribution in [-0.4, -0.2) is 29.7 Å². The smallest absolute Gasteiger partial charge is 0.331 e. The van der Waals surface area contributed by atoms with Gasteiger partial charge in [-0.2, -0.15) is 0 Å². The van der Waals surface area contributed by atoms with Crippen LogP contribution in [-0.2, 0) is 11.3 Å². The van der Waals surface area contributed by atoms with Gasteiger partial charge in [-0.05, 0) is 18.1 Å². The Labute approximate surface area is 107 Å². The van der Waals surface area contributed by atoms with Crippen molar-refractivity contribution < 1.29 is 14.6 Å². The Bertz CT molecular complexity index is 430. The molecule has 5 nitrogen and oxygen atoms in total. The number of pyridine rings is 1. The second-order valence-corrected chi connectivity index (χ2v) is 3.73. The van der Waals surface area contributed by atoms with Crippen molar-refractivity contribution in [1.82, 2.24) is 10.3 Å². The molecule has 0 atom stereocenters. The van der Waals surface area contributed by atoms with Gasteiger partial charge in [-0.15, -0.1) is 0 Å². The van der Waals surface area contributed by atoms with Gasteiger partial charge in [0.05, 0.1) is 7.11 Å². The number of aliphatic carboxylic acids is 1. The third kappa shape index (κ3) is 4.55. The molecule has 1 aromatic rings. The number of hydrogen-bond donors (Lipinski definition) is 2. The standard InChI is InChI=1S/C13H18N2O3/c1-3-11(13(16)17)5-6-14-9-10-4-7-15-12(8-10)18-2/h4-5,7-8,14H,3,6,9H2,1-2H3,(H,16,17)/b11-5-. The van der Waals surface area contributed by atoms with Crippen LogP contribution in [0.1, 0.15) is 18.9 Å². The van der Waals surface area contributed by atoms with E-state index in [1.807, 2.05) is 19.1 Å². The van der Waals surface area contributed by atoms with Crippen LogP contribution in [0.2, 0.25) is 0 Å². The third-order valence-corrected chi connectivity index (χ3v) is 2.49. The minimum absolute atomic E-state index is 0.426. The predicted octanol–water partition coefficient (Wildman–Crippen LogP) is 1.60. The van der Waals surface area contributed by atoms with E-state index in [2.05, 4.69) is 10.3 Å². The lowest BCUT2D eigenvalue weighted by Gasteiger charge is -2.04. The summed E-state index contributed by atoms with van der Waals surface area (Å²) in [6, 6.07) is 3.73. The molecule has 0 spiro atoms. The van der Waals surface area contributed by atoms with Crippen molar-refractivity contribution in [2.45, 2.75) is 19.9 Å². The number of carboxylic acids is 1. The van der Waals surface area contributed by atoms with E-state index in [9.17, 15) is 4.79 Å². The lowest BCUT2D eigenvalue weighted by molar-refractivity contribution is -0.132. The molecule has 0 saturated heterocycles. The SMILES string of the molecule is CC/C(=C/CNCc1ccnc(OC)c1)C(=O)O. The zero-order valence-corrected chi connectivity index (χ0v) is 10.6. The van der Waals surface area contributed by atoms with Gasteiger partial charge in [-0.25, -0.2) is 9.78 Å². The average molecular weight is 250 g/mol. The molecule has 1 rings (SSSR count). The van der Waals surface area contributed by atoms with Crippen LogP contribution >= 0.6 is 0 Å². The van der Waals surface area contributed by atoms with E-state index in [-0.39, 0.29) is 0 Å². The van der Waals surface area contributed by atoms with Gasteiger partial charge in [0.1, 0.15) is 0 Å². The summed E-state index contributed by atoms with van der Waals surface area (Å²) in [5, 5.41) is 12.0. The summed E-state index contributed by atoms with van der Waals surface area (Å²) in [6.07, 6.45) is 3.90. The van der Waals surface area contributed by atoms with Crippen LogP contribution in [0.15, 0.2) is 30.0 Å². The van der Waals surface area contributed by atoms with Gasteiger partial charge in [-0.3, -0.25) is 0 Å².